The highest BCUT2D eigenvalue weighted by Gasteiger charge is 2.32. The minimum atomic E-state index is -0.487. The average Bonchev–Trinajstić information content (AvgIpc) is 2.77. The van der Waals surface area contributed by atoms with E-state index in [1.165, 1.54) is 5.56 Å². The highest BCUT2D eigenvalue weighted by molar-refractivity contribution is 5.83. The van der Waals surface area contributed by atoms with Gasteiger partial charge in [0, 0.05) is 44.2 Å². The summed E-state index contributed by atoms with van der Waals surface area (Å²) in [5.74, 6) is 0.0579. The number of carbonyl (C=O) groups excluding carboxylic acids is 1. The summed E-state index contributed by atoms with van der Waals surface area (Å²) in [7, 11) is 0. The van der Waals surface area contributed by atoms with Crippen LogP contribution >= 0.6 is 0 Å². The molecule has 0 N–H and O–H groups in total. The number of fused-ring (bicyclic) bond motifs is 1. The van der Waals surface area contributed by atoms with Gasteiger partial charge >= 0.3 is 0 Å². The van der Waals surface area contributed by atoms with E-state index in [9.17, 15) is 9.59 Å². The van der Waals surface area contributed by atoms with Crippen LogP contribution in [0.1, 0.15) is 43.7 Å². The largest absolute Gasteiger partial charge is 0.363 e. The van der Waals surface area contributed by atoms with E-state index in [1.807, 2.05) is 29.2 Å². The molecule has 1 atom stereocenters. The van der Waals surface area contributed by atoms with E-state index in [4.69, 9.17) is 4.74 Å². The summed E-state index contributed by atoms with van der Waals surface area (Å²) < 4.78 is 7.41. The van der Waals surface area contributed by atoms with Crippen LogP contribution < -0.4 is 5.56 Å². The van der Waals surface area contributed by atoms with Gasteiger partial charge in [-0.05, 0) is 23.6 Å². The van der Waals surface area contributed by atoms with Crippen molar-refractivity contribution in [3.63, 3.8) is 0 Å². The second-order valence-corrected chi connectivity index (χ2v) is 9.40. The first kappa shape index (κ1) is 21.7. The summed E-state index contributed by atoms with van der Waals surface area (Å²) in [6.07, 6.45) is 0.372. The zero-order valence-corrected chi connectivity index (χ0v) is 18.7. The van der Waals surface area contributed by atoms with E-state index >= 15 is 0 Å². The van der Waals surface area contributed by atoms with Crippen LogP contribution in [0.15, 0.2) is 41.2 Å². The molecule has 0 aliphatic carbocycles. The van der Waals surface area contributed by atoms with Gasteiger partial charge in [0.1, 0.15) is 0 Å². The van der Waals surface area contributed by atoms with Gasteiger partial charge in [-0.25, -0.2) is 4.68 Å². The molecule has 2 aliphatic rings. The quantitative estimate of drug-likeness (QED) is 0.751. The maximum atomic E-state index is 13.1. The van der Waals surface area contributed by atoms with Crippen molar-refractivity contribution in [2.45, 2.75) is 45.3 Å². The van der Waals surface area contributed by atoms with Gasteiger partial charge in [-0.15, -0.1) is 0 Å². The van der Waals surface area contributed by atoms with Crippen LogP contribution in [0, 0.1) is 0 Å². The Kier molecular flexibility index (Phi) is 6.25. The highest BCUT2D eigenvalue weighted by Crippen LogP contribution is 2.29. The third kappa shape index (κ3) is 4.88. The highest BCUT2D eigenvalue weighted by atomic mass is 16.5. The Labute approximate surface area is 183 Å². The van der Waals surface area contributed by atoms with Gasteiger partial charge in [-0.2, -0.15) is 5.10 Å². The van der Waals surface area contributed by atoms with Gasteiger partial charge in [0.2, 0.25) is 0 Å². The number of nitrogens with zero attached hydrogens (tertiary/aromatic N) is 4. The van der Waals surface area contributed by atoms with Crippen LogP contribution in [0.5, 0.6) is 0 Å². The van der Waals surface area contributed by atoms with E-state index in [-0.39, 0.29) is 16.9 Å². The third-order valence-electron chi connectivity index (χ3n) is 6.16. The molecule has 3 heterocycles. The van der Waals surface area contributed by atoms with E-state index in [2.05, 4.69) is 36.8 Å². The van der Waals surface area contributed by atoms with Crippen LogP contribution in [0.25, 0.3) is 0 Å². The molecule has 2 aromatic rings. The van der Waals surface area contributed by atoms with Crippen molar-refractivity contribution in [2.24, 2.45) is 0 Å². The summed E-state index contributed by atoms with van der Waals surface area (Å²) >= 11 is 0. The maximum absolute atomic E-state index is 13.1. The molecule has 1 fully saturated rings. The predicted molar refractivity (Wildman–Crippen MR) is 119 cm³/mol. The van der Waals surface area contributed by atoms with Crippen molar-refractivity contribution in [2.75, 3.05) is 39.3 Å². The summed E-state index contributed by atoms with van der Waals surface area (Å²) in [6.45, 7) is 11.1. The molecule has 4 rings (SSSR count). The molecule has 7 heteroatoms. The molecular formula is C24H32N4O3. The van der Waals surface area contributed by atoms with Crippen molar-refractivity contribution in [1.82, 2.24) is 19.6 Å². The number of hydrogen-bond acceptors (Lipinski definition) is 5. The second-order valence-electron chi connectivity index (χ2n) is 9.40. The molecule has 0 spiro atoms. The Morgan fingerprint density at radius 3 is 2.55 bits per heavy atom. The van der Waals surface area contributed by atoms with E-state index in [0.717, 1.165) is 37.3 Å². The van der Waals surface area contributed by atoms with Crippen molar-refractivity contribution >= 4 is 5.91 Å². The predicted octanol–water partition coefficient (Wildman–Crippen LogP) is 2.00. The lowest BCUT2D eigenvalue weighted by Gasteiger charge is -2.37. The van der Waals surface area contributed by atoms with Gasteiger partial charge in [-0.3, -0.25) is 14.5 Å². The lowest BCUT2D eigenvalue weighted by atomic mass is 9.92. The Balaban J connectivity index is 1.33. The third-order valence-corrected chi connectivity index (χ3v) is 6.16. The Morgan fingerprint density at radius 1 is 1.06 bits per heavy atom. The van der Waals surface area contributed by atoms with Crippen LogP contribution in [-0.2, 0) is 27.9 Å². The average molecular weight is 425 g/mol. The fourth-order valence-electron chi connectivity index (χ4n) is 4.20. The number of amides is 1. The fraction of sp³-hybridized carbons (Fsp3) is 0.542. The minimum Gasteiger partial charge on any atom is -0.363 e. The molecular weight excluding hydrogens is 392 g/mol. The molecule has 1 saturated heterocycles. The number of ether oxygens (including phenoxy) is 1. The molecule has 1 amide bonds. The van der Waals surface area contributed by atoms with Crippen molar-refractivity contribution in [1.29, 1.82) is 0 Å². The Morgan fingerprint density at radius 2 is 1.81 bits per heavy atom. The van der Waals surface area contributed by atoms with Crippen LogP contribution in [-0.4, -0.2) is 64.8 Å². The van der Waals surface area contributed by atoms with Crippen molar-refractivity contribution in [3.8, 4) is 0 Å². The summed E-state index contributed by atoms with van der Waals surface area (Å²) in [5, 5.41) is 4.55. The first-order valence-electron chi connectivity index (χ1n) is 11.1. The Bertz CT molecular complexity index is 987. The number of benzene rings is 1. The zero-order valence-electron chi connectivity index (χ0n) is 18.7. The topological polar surface area (TPSA) is 67.7 Å². The smallest absolute Gasteiger partial charge is 0.266 e. The van der Waals surface area contributed by atoms with Crippen LogP contribution in [0.3, 0.4) is 0 Å². The van der Waals surface area contributed by atoms with Gasteiger partial charge < -0.3 is 9.64 Å². The summed E-state index contributed by atoms with van der Waals surface area (Å²) in [4.78, 5) is 29.5. The molecule has 1 aromatic heterocycles. The minimum absolute atomic E-state index is 0.0579. The number of carbonyl (C=O) groups is 1. The number of piperazine rings is 1. The van der Waals surface area contributed by atoms with Crippen molar-refractivity contribution in [3.05, 3.63) is 63.6 Å². The number of rotatable bonds is 4. The lowest BCUT2D eigenvalue weighted by molar-refractivity contribution is -0.147. The lowest BCUT2D eigenvalue weighted by Crippen LogP contribution is -2.51. The SMILES string of the molecule is CC(C)(C)c1ccc(=O)n(CCN2CCN(C(=O)C3OCCc4ccccc43)CC2)n1. The molecule has 0 saturated carbocycles. The normalized spacial score (nSPS) is 19.8. The van der Waals surface area contributed by atoms with Gasteiger partial charge in [0.15, 0.2) is 6.10 Å². The fourth-order valence-corrected chi connectivity index (χ4v) is 4.20. The van der Waals surface area contributed by atoms with E-state index < -0.39 is 6.10 Å². The zero-order chi connectivity index (χ0) is 22.0. The van der Waals surface area contributed by atoms with Crippen LogP contribution in [0.2, 0.25) is 0 Å². The van der Waals surface area contributed by atoms with E-state index in [1.54, 1.807) is 10.7 Å². The number of aromatic nitrogens is 2. The molecule has 0 bridgehead atoms. The standard InChI is InChI=1S/C24H32N4O3/c1-24(2,3)20-8-9-21(29)28(25-20)16-13-26-11-14-27(15-12-26)23(30)22-19-7-5-4-6-18(19)10-17-31-22/h4-9,22H,10-17H2,1-3H3. The molecule has 31 heavy (non-hydrogen) atoms. The monoisotopic (exact) mass is 424 g/mol. The first-order chi connectivity index (χ1) is 14.8. The van der Waals surface area contributed by atoms with E-state index in [0.29, 0.717) is 26.2 Å². The first-order valence-corrected chi connectivity index (χ1v) is 11.1. The van der Waals surface area contributed by atoms with Gasteiger partial charge in [0.25, 0.3) is 11.5 Å². The van der Waals surface area contributed by atoms with Gasteiger partial charge in [-0.1, -0.05) is 45.0 Å². The Hall–Kier alpha value is -2.51. The maximum Gasteiger partial charge on any atom is 0.266 e. The molecule has 166 valence electrons. The van der Waals surface area contributed by atoms with Gasteiger partial charge in [0.05, 0.1) is 18.8 Å². The second kappa shape index (κ2) is 8.93. The molecule has 1 unspecified atom stereocenters. The molecule has 0 radical (unpaired) electrons. The molecule has 7 nitrogen and oxygen atoms in total. The van der Waals surface area contributed by atoms with Crippen molar-refractivity contribution < 1.29 is 9.53 Å². The number of hydrogen-bond donors (Lipinski definition) is 0. The molecule has 1 aromatic carbocycles. The summed E-state index contributed by atoms with van der Waals surface area (Å²) in [6, 6.07) is 11.5. The summed E-state index contributed by atoms with van der Waals surface area (Å²) in [5.41, 5.74) is 2.96. The van der Waals surface area contributed by atoms with Crippen LogP contribution in [0.4, 0.5) is 0 Å². The molecule has 2 aliphatic heterocycles.